The lowest BCUT2D eigenvalue weighted by molar-refractivity contribution is -0.120. The zero-order chi connectivity index (χ0) is 20.9. The van der Waals surface area contributed by atoms with E-state index >= 15 is 0 Å². The molecule has 1 aliphatic heterocycles. The van der Waals surface area contributed by atoms with Crippen LogP contribution in [-0.2, 0) is 11.2 Å². The molecule has 0 saturated carbocycles. The quantitative estimate of drug-likeness (QED) is 0.612. The third kappa shape index (κ3) is 4.44. The first kappa shape index (κ1) is 20.3. The molecular weight excluding hydrogens is 380 g/mol. The highest BCUT2D eigenvalue weighted by molar-refractivity contribution is 5.88. The molecule has 30 heavy (non-hydrogen) atoms. The van der Waals surface area contributed by atoms with Crippen molar-refractivity contribution >= 4 is 16.9 Å². The van der Waals surface area contributed by atoms with Gasteiger partial charge in [0.05, 0.1) is 32.9 Å². The largest absolute Gasteiger partial charge is 0.497 e. The van der Waals surface area contributed by atoms with Gasteiger partial charge >= 0.3 is 0 Å². The molecule has 158 valence electrons. The zero-order valence-corrected chi connectivity index (χ0v) is 17.5. The fourth-order valence-electron chi connectivity index (χ4n) is 4.11. The molecule has 1 aliphatic rings. The molecule has 1 N–H and O–H groups in total. The molecule has 1 atom stereocenters. The van der Waals surface area contributed by atoms with Gasteiger partial charge in [-0.25, -0.2) is 0 Å². The summed E-state index contributed by atoms with van der Waals surface area (Å²) in [6.07, 6.45) is 4.34. The van der Waals surface area contributed by atoms with Crippen molar-refractivity contribution < 1.29 is 18.7 Å². The summed E-state index contributed by atoms with van der Waals surface area (Å²) in [5.74, 6) is 1.57. The van der Waals surface area contributed by atoms with Crippen molar-refractivity contribution in [2.75, 3.05) is 33.9 Å². The van der Waals surface area contributed by atoms with Crippen LogP contribution in [0.25, 0.3) is 11.0 Å². The smallest absolute Gasteiger partial charge is 0.224 e. The molecule has 1 amide bonds. The summed E-state index contributed by atoms with van der Waals surface area (Å²) in [6.45, 7) is 2.69. The van der Waals surface area contributed by atoms with E-state index in [1.807, 2.05) is 30.3 Å². The van der Waals surface area contributed by atoms with Gasteiger partial charge in [0.25, 0.3) is 0 Å². The number of hydrogen-bond donors (Lipinski definition) is 1. The normalized spacial score (nSPS) is 15.3. The molecule has 3 aromatic rings. The summed E-state index contributed by atoms with van der Waals surface area (Å²) >= 11 is 0. The fraction of sp³-hybridized carbons (Fsp3) is 0.375. The Labute approximate surface area is 176 Å². The van der Waals surface area contributed by atoms with Gasteiger partial charge in [0, 0.05) is 23.6 Å². The van der Waals surface area contributed by atoms with Crippen LogP contribution in [0.3, 0.4) is 0 Å². The van der Waals surface area contributed by atoms with E-state index in [1.165, 1.54) is 18.4 Å². The number of nitrogens with zero attached hydrogens (tertiary/aromatic N) is 1. The van der Waals surface area contributed by atoms with Gasteiger partial charge in [-0.15, -0.1) is 0 Å². The Morgan fingerprint density at radius 1 is 1.07 bits per heavy atom. The Bertz CT molecular complexity index is 990. The molecule has 6 heteroatoms. The summed E-state index contributed by atoms with van der Waals surface area (Å²) in [5, 5.41) is 4.08. The van der Waals surface area contributed by atoms with E-state index < -0.39 is 0 Å². The van der Waals surface area contributed by atoms with Gasteiger partial charge in [0.15, 0.2) is 0 Å². The van der Waals surface area contributed by atoms with Gasteiger partial charge in [-0.05, 0) is 55.8 Å². The van der Waals surface area contributed by atoms with Crippen molar-refractivity contribution in [2.24, 2.45) is 0 Å². The Morgan fingerprint density at radius 3 is 2.47 bits per heavy atom. The number of carbonyl (C=O) groups is 1. The molecule has 0 unspecified atom stereocenters. The molecule has 2 heterocycles. The average Bonchev–Trinajstić information content (AvgIpc) is 3.44. The average molecular weight is 408 g/mol. The van der Waals surface area contributed by atoms with Gasteiger partial charge < -0.3 is 19.2 Å². The van der Waals surface area contributed by atoms with E-state index in [0.717, 1.165) is 41.1 Å². The number of carbonyl (C=O) groups excluding carboxylic acids is 1. The minimum absolute atomic E-state index is 0.00812. The third-order valence-corrected chi connectivity index (χ3v) is 5.79. The van der Waals surface area contributed by atoms with Crippen molar-refractivity contribution in [3.63, 3.8) is 0 Å². The van der Waals surface area contributed by atoms with Crippen molar-refractivity contribution in [2.45, 2.75) is 25.3 Å². The van der Waals surface area contributed by atoms with Gasteiger partial charge in [-0.3, -0.25) is 9.69 Å². The van der Waals surface area contributed by atoms with Crippen LogP contribution < -0.4 is 14.8 Å². The van der Waals surface area contributed by atoms with Crippen LogP contribution in [-0.4, -0.2) is 44.7 Å². The lowest BCUT2D eigenvalue weighted by Gasteiger charge is -2.28. The fourth-order valence-corrected chi connectivity index (χ4v) is 4.11. The molecule has 2 aromatic carbocycles. The van der Waals surface area contributed by atoms with Crippen LogP contribution in [0.15, 0.2) is 53.1 Å². The number of hydrogen-bond acceptors (Lipinski definition) is 5. The monoisotopic (exact) mass is 408 g/mol. The predicted octanol–water partition coefficient (Wildman–Crippen LogP) is 3.95. The standard InChI is InChI=1S/C24H28N2O4/c1-28-19-7-5-17(6-8-19)22(26-11-3-4-12-26)15-25-24(27)13-18-16-30-23-14-20(29-2)9-10-21(18)23/h5-10,14,16,22H,3-4,11-13,15H2,1-2H3,(H,25,27)/t22-/m0/s1. The second kappa shape index (κ2) is 9.22. The van der Waals surface area contributed by atoms with E-state index in [4.69, 9.17) is 13.9 Å². The summed E-state index contributed by atoms with van der Waals surface area (Å²) in [7, 11) is 3.29. The van der Waals surface area contributed by atoms with E-state index in [9.17, 15) is 4.79 Å². The number of amides is 1. The second-order valence-electron chi connectivity index (χ2n) is 7.64. The molecule has 4 rings (SSSR count). The Kier molecular flexibility index (Phi) is 6.23. The number of furan rings is 1. The maximum atomic E-state index is 12.7. The van der Waals surface area contributed by atoms with Crippen molar-refractivity contribution in [1.82, 2.24) is 10.2 Å². The van der Waals surface area contributed by atoms with Crippen LogP contribution in [0.1, 0.15) is 30.0 Å². The number of likely N-dealkylation sites (tertiary alicyclic amines) is 1. The van der Waals surface area contributed by atoms with Crippen molar-refractivity contribution in [3.8, 4) is 11.5 Å². The van der Waals surface area contributed by atoms with Crippen LogP contribution >= 0.6 is 0 Å². The maximum absolute atomic E-state index is 12.7. The summed E-state index contributed by atoms with van der Waals surface area (Å²) in [4.78, 5) is 15.2. The number of rotatable bonds is 8. The van der Waals surface area contributed by atoms with Crippen LogP contribution in [0, 0.1) is 0 Å². The highest BCUT2D eigenvalue weighted by Crippen LogP contribution is 2.27. The molecular formula is C24H28N2O4. The molecule has 0 spiro atoms. The maximum Gasteiger partial charge on any atom is 0.224 e. The molecule has 1 aromatic heterocycles. The number of methoxy groups -OCH3 is 2. The van der Waals surface area contributed by atoms with Gasteiger partial charge in [0.2, 0.25) is 5.91 Å². The Morgan fingerprint density at radius 2 is 1.77 bits per heavy atom. The highest BCUT2D eigenvalue weighted by Gasteiger charge is 2.24. The Balaban J connectivity index is 1.43. The number of benzene rings is 2. The van der Waals surface area contributed by atoms with E-state index in [-0.39, 0.29) is 18.4 Å². The Hall–Kier alpha value is -2.99. The first-order valence-corrected chi connectivity index (χ1v) is 10.4. The topological polar surface area (TPSA) is 63.9 Å². The number of ether oxygens (including phenoxy) is 2. The third-order valence-electron chi connectivity index (χ3n) is 5.79. The van der Waals surface area contributed by atoms with E-state index in [1.54, 1.807) is 20.5 Å². The van der Waals surface area contributed by atoms with Crippen LogP contribution in [0.5, 0.6) is 11.5 Å². The van der Waals surface area contributed by atoms with Crippen molar-refractivity contribution in [3.05, 3.63) is 59.9 Å². The molecule has 1 fully saturated rings. The van der Waals surface area contributed by atoms with Crippen molar-refractivity contribution in [1.29, 1.82) is 0 Å². The summed E-state index contributed by atoms with van der Waals surface area (Å²) in [6, 6.07) is 13.9. The van der Waals surface area contributed by atoms with Crippen LogP contribution in [0.4, 0.5) is 0 Å². The molecule has 1 saturated heterocycles. The molecule has 6 nitrogen and oxygen atoms in total. The van der Waals surface area contributed by atoms with Gasteiger partial charge in [-0.2, -0.15) is 0 Å². The summed E-state index contributed by atoms with van der Waals surface area (Å²) < 4.78 is 16.1. The predicted molar refractivity (Wildman–Crippen MR) is 116 cm³/mol. The van der Waals surface area contributed by atoms with Gasteiger partial charge in [0.1, 0.15) is 17.1 Å². The first-order valence-electron chi connectivity index (χ1n) is 10.4. The van der Waals surface area contributed by atoms with Gasteiger partial charge in [-0.1, -0.05) is 12.1 Å². The summed E-state index contributed by atoms with van der Waals surface area (Å²) in [5.41, 5.74) is 2.80. The SMILES string of the molecule is COc1ccc([C@H](CNC(=O)Cc2coc3cc(OC)ccc23)N2CCCC2)cc1. The second-order valence-corrected chi connectivity index (χ2v) is 7.64. The lowest BCUT2D eigenvalue weighted by atomic mass is 10.0. The minimum Gasteiger partial charge on any atom is -0.497 e. The molecule has 0 bridgehead atoms. The van der Waals surface area contributed by atoms with E-state index in [0.29, 0.717) is 6.54 Å². The minimum atomic E-state index is -0.00812. The number of nitrogens with one attached hydrogen (secondary N) is 1. The van der Waals surface area contributed by atoms with E-state index in [2.05, 4.69) is 22.3 Å². The first-order chi connectivity index (χ1) is 14.7. The van der Waals surface area contributed by atoms with Crippen LogP contribution in [0.2, 0.25) is 0 Å². The zero-order valence-electron chi connectivity index (χ0n) is 17.5. The number of fused-ring (bicyclic) bond motifs is 1. The molecule has 0 aliphatic carbocycles. The highest BCUT2D eigenvalue weighted by atomic mass is 16.5. The molecule has 0 radical (unpaired) electrons. The lowest BCUT2D eigenvalue weighted by Crippen LogP contribution is -2.37.